The molecule has 0 bridgehead atoms. The molecule has 176 valence electrons. The molecule has 1 unspecified atom stereocenters. The standard InChI is InChI=1S/C23H24ClIN2O6/c1-5-32-21(30)18(25)33-22(31)26(19(28)16-11-13-17(24)14-12-16)27(23(2,3)4)20(29)15-9-7-6-8-10-15/h6-14,18H,5H2,1-4H3. The summed E-state index contributed by atoms with van der Waals surface area (Å²) in [7, 11) is 0. The molecule has 0 spiro atoms. The average Bonchev–Trinajstić information content (AvgIpc) is 2.76. The van der Waals surface area contributed by atoms with Crippen LogP contribution in [0.25, 0.3) is 0 Å². The molecule has 0 aliphatic heterocycles. The Hall–Kier alpha value is -2.66. The molecule has 0 aromatic heterocycles. The fraction of sp³-hybridized carbons (Fsp3) is 0.304. The molecule has 8 nitrogen and oxygen atoms in total. The Kier molecular flexibility index (Phi) is 9.24. The number of benzene rings is 2. The van der Waals surface area contributed by atoms with E-state index in [-0.39, 0.29) is 17.7 Å². The van der Waals surface area contributed by atoms with Crippen molar-refractivity contribution in [3.05, 3.63) is 70.7 Å². The Morgan fingerprint density at radius 3 is 2.00 bits per heavy atom. The van der Waals surface area contributed by atoms with Crippen molar-refractivity contribution in [2.75, 3.05) is 6.61 Å². The van der Waals surface area contributed by atoms with Gasteiger partial charge in [0, 0.05) is 16.1 Å². The number of esters is 1. The maximum Gasteiger partial charge on any atom is 0.438 e. The zero-order valence-electron chi connectivity index (χ0n) is 18.6. The van der Waals surface area contributed by atoms with Gasteiger partial charge in [-0.25, -0.2) is 14.6 Å². The molecule has 0 heterocycles. The maximum atomic E-state index is 13.5. The molecule has 2 aromatic rings. The van der Waals surface area contributed by atoms with Crippen LogP contribution < -0.4 is 0 Å². The van der Waals surface area contributed by atoms with Crippen LogP contribution in [0.3, 0.4) is 0 Å². The van der Waals surface area contributed by atoms with E-state index in [1.54, 1.807) is 80.6 Å². The van der Waals surface area contributed by atoms with Crippen molar-refractivity contribution in [3.8, 4) is 0 Å². The first-order chi connectivity index (χ1) is 15.5. The van der Waals surface area contributed by atoms with E-state index in [1.807, 2.05) is 0 Å². The second-order valence-electron chi connectivity index (χ2n) is 7.73. The van der Waals surface area contributed by atoms with E-state index in [9.17, 15) is 19.2 Å². The van der Waals surface area contributed by atoms with Crippen LogP contribution in [0.5, 0.6) is 0 Å². The molecule has 10 heteroatoms. The van der Waals surface area contributed by atoms with Gasteiger partial charge in [-0.05, 0) is 86.7 Å². The summed E-state index contributed by atoms with van der Waals surface area (Å²) < 4.78 is 8.75. The van der Waals surface area contributed by atoms with Gasteiger partial charge in [0.2, 0.25) is 4.11 Å². The Balaban J connectivity index is 2.55. The van der Waals surface area contributed by atoms with Gasteiger partial charge in [0.25, 0.3) is 11.8 Å². The zero-order valence-corrected chi connectivity index (χ0v) is 21.5. The van der Waals surface area contributed by atoms with Gasteiger partial charge in [-0.15, -0.1) is 5.01 Å². The topological polar surface area (TPSA) is 93.2 Å². The highest BCUT2D eigenvalue weighted by Gasteiger charge is 2.42. The molecule has 1 atom stereocenters. The molecule has 33 heavy (non-hydrogen) atoms. The van der Waals surface area contributed by atoms with Crippen LogP contribution >= 0.6 is 34.2 Å². The van der Waals surface area contributed by atoms with Crippen LogP contribution in [0.15, 0.2) is 54.6 Å². The predicted octanol–water partition coefficient (Wildman–Crippen LogP) is 5.10. The predicted molar refractivity (Wildman–Crippen MR) is 131 cm³/mol. The number of rotatable bonds is 5. The van der Waals surface area contributed by atoms with Crippen LogP contribution in [0.1, 0.15) is 48.4 Å². The number of ether oxygens (including phenoxy) is 2. The van der Waals surface area contributed by atoms with Crippen LogP contribution in [0, 0.1) is 0 Å². The first kappa shape index (κ1) is 26.6. The molecule has 0 aliphatic carbocycles. The van der Waals surface area contributed by atoms with Crippen molar-refractivity contribution in [1.82, 2.24) is 10.0 Å². The molecule has 0 aliphatic rings. The number of carbonyl (C=O) groups is 4. The molecule has 0 fully saturated rings. The highest BCUT2D eigenvalue weighted by molar-refractivity contribution is 14.1. The van der Waals surface area contributed by atoms with Crippen LogP contribution in [0.2, 0.25) is 5.02 Å². The van der Waals surface area contributed by atoms with Crippen molar-refractivity contribution in [1.29, 1.82) is 0 Å². The van der Waals surface area contributed by atoms with Gasteiger partial charge in [-0.2, -0.15) is 0 Å². The quantitative estimate of drug-likeness (QED) is 0.210. The van der Waals surface area contributed by atoms with Crippen LogP contribution in [-0.2, 0) is 14.3 Å². The third-order valence-electron chi connectivity index (χ3n) is 4.18. The van der Waals surface area contributed by atoms with Gasteiger partial charge < -0.3 is 9.47 Å². The highest BCUT2D eigenvalue weighted by atomic mass is 127. The summed E-state index contributed by atoms with van der Waals surface area (Å²) in [6.45, 7) is 6.69. The molecule has 0 N–H and O–H groups in total. The number of nitrogens with zero attached hydrogens (tertiary/aromatic N) is 2. The number of imide groups is 1. The number of alkyl halides is 1. The summed E-state index contributed by atoms with van der Waals surface area (Å²) in [5.41, 5.74) is -0.684. The molecule has 0 radical (unpaired) electrons. The number of hydrogen-bond acceptors (Lipinski definition) is 6. The van der Waals surface area contributed by atoms with Gasteiger partial charge in [0.1, 0.15) is 0 Å². The normalized spacial score (nSPS) is 11.8. The summed E-state index contributed by atoms with van der Waals surface area (Å²) in [4.78, 5) is 52.1. The van der Waals surface area contributed by atoms with Crippen molar-refractivity contribution < 1.29 is 28.7 Å². The number of amides is 3. The molecule has 3 amide bonds. The van der Waals surface area contributed by atoms with E-state index in [0.717, 1.165) is 5.01 Å². The van der Waals surface area contributed by atoms with E-state index < -0.39 is 33.5 Å². The number of hydrogen-bond donors (Lipinski definition) is 0. The van der Waals surface area contributed by atoms with E-state index in [0.29, 0.717) is 10.0 Å². The molecular weight excluding hydrogens is 563 g/mol. The Bertz CT molecular complexity index is 1010. The monoisotopic (exact) mass is 586 g/mol. The van der Waals surface area contributed by atoms with Crippen molar-refractivity contribution in [3.63, 3.8) is 0 Å². The second-order valence-corrected chi connectivity index (χ2v) is 9.30. The first-order valence-electron chi connectivity index (χ1n) is 9.98. The van der Waals surface area contributed by atoms with E-state index in [1.165, 1.54) is 24.3 Å². The van der Waals surface area contributed by atoms with Crippen LogP contribution in [-0.4, -0.2) is 50.2 Å². The van der Waals surface area contributed by atoms with Crippen LogP contribution in [0.4, 0.5) is 4.79 Å². The minimum absolute atomic E-state index is 0.0872. The second kappa shape index (κ2) is 11.5. The fourth-order valence-corrected chi connectivity index (χ4v) is 3.29. The Morgan fingerprint density at radius 1 is 0.939 bits per heavy atom. The summed E-state index contributed by atoms with van der Waals surface area (Å²) in [6.07, 6.45) is -1.21. The van der Waals surface area contributed by atoms with Gasteiger partial charge in [-0.3, -0.25) is 9.59 Å². The lowest BCUT2D eigenvalue weighted by molar-refractivity contribution is -0.148. The van der Waals surface area contributed by atoms with Crippen molar-refractivity contribution in [2.24, 2.45) is 0 Å². The van der Waals surface area contributed by atoms with E-state index in [2.05, 4.69) is 0 Å². The first-order valence-corrected chi connectivity index (χ1v) is 11.6. The van der Waals surface area contributed by atoms with Crippen molar-refractivity contribution >= 4 is 58.1 Å². The third kappa shape index (κ3) is 6.91. The Labute approximate surface area is 210 Å². The van der Waals surface area contributed by atoms with E-state index >= 15 is 0 Å². The number of carbonyl (C=O) groups excluding carboxylic acids is 4. The zero-order chi connectivity index (χ0) is 24.8. The lowest BCUT2D eigenvalue weighted by atomic mass is 10.1. The van der Waals surface area contributed by atoms with Gasteiger partial charge >= 0.3 is 12.1 Å². The highest BCUT2D eigenvalue weighted by Crippen LogP contribution is 2.25. The summed E-state index contributed by atoms with van der Waals surface area (Å²) in [6, 6.07) is 14.0. The minimum Gasteiger partial charge on any atom is -0.463 e. The smallest absolute Gasteiger partial charge is 0.438 e. The lowest BCUT2D eigenvalue weighted by Crippen LogP contribution is -2.60. The number of halogens is 2. The molecule has 0 saturated heterocycles. The molecular formula is C23H24ClIN2O6. The average molecular weight is 587 g/mol. The summed E-state index contributed by atoms with van der Waals surface area (Å²) in [5, 5.41) is 2.00. The SMILES string of the molecule is CCOC(=O)C(I)OC(=O)N(C(=O)c1ccc(Cl)cc1)N(C(=O)c1ccccc1)C(C)(C)C. The van der Waals surface area contributed by atoms with Crippen molar-refractivity contribution in [2.45, 2.75) is 37.3 Å². The molecule has 2 rings (SSSR count). The largest absolute Gasteiger partial charge is 0.463 e. The fourth-order valence-electron chi connectivity index (χ4n) is 2.76. The maximum absolute atomic E-state index is 13.5. The third-order valence-corrected chi connectivity index (χ3v) is 5.20. The summed E-state index contributed by atoms with van der Waals surface area (Å²) in [5.74, 6) is -2.23. The summed E-state index contributed by atoms with van der Waals surface area (Å²) >= 11 is 7.50. The van der Waals surface area contributed by atoms with E-state index in [4.69, 9.17) is 21.1 Å². The lowest BCUT2D eigenvalue weighted by Gasteiger charge is -2.41. The molecule has 0 saturated carbocycles. The molecule has 2 aromatic carbocycles. The van der Waals surface area contributed by atoms with Gasteiger partial charge in [-0.1, -0.05) is 29.8 Å². The van der Waals surface area contributed by atoms with Gasteiger partial charge in [0.05, 0.1) is 12.1 Å². The Morgan fingerprint density at radius 2 is 1.48 bits per heavy atom. The number of hydrazine groups is 1. The van der Waals surface area contributed by atoms with Gasteiger partial charge in [0.15, 0.2) is 0 Å². The minimum atomic E-state index is -1.33.